The summed E-state index contributed by atoms with van der Waals surface area (Å²) in [6, 6.07) is 0. The van der Waals surface area contributed by atoms with E-state index in [9.17, 15) is 0 Å². The molecule has 0 atom stereocenters. The van der Waals surface area contributed by atoms with Gasteiger partial charge in [0.25, 0.3) is 5.88 Å². The van der Waals surface area contributed by atoms with Gasteiger partial charge in [0.05, 0.1) is 0 Å². The van der Waals surface area contributed by atoms with Crippen molar-refractivity contribution < 1.29 is 4.42 Å². The Morgan fingerprint density at radius 2 is 2.50 bits per heavy atom. The maximum absolute atomic E-state index is 4.83. The van der Waals surface area contributed by atoms with E-state index in [-0.39, 0.29) is 0 Å². The summed E-state index contributed by atoms with van der Waals surface area (Å²) >= 11 is 0. The van der Waals surface area contributed by atoms with Gasteiger partial charge in [0.15, 0.2) is 6.39 Å². The third-order valence-electron chi connectivity index (χ3n) is 0.924. The number of rotatable bonds is 0. The van der Waals surface area contributed by atoms with Gasteiger partial charge in [-0.1, -0.05) is 0 Å². The lowest BCUT2D eigenvalue weighted by Gasteiger charge is -1.88. The molecular formula is C3H4N4O. The first kappa shape index (κ1) is 3.73. The van der Waals surface area contributed by atoms with Gasteiger partial charge in [0, 0.05) is 0 Å². The van der Waals surface area contributed by atoms with Gasteiger partial charge >= 0.3 is 0 Å². The molecule has 2 heterocycles. The van der Waals surface area contributed by atoms with E-state index in [1.54, 1.807) is 0 Å². The van der Waals surface area contributed by atoms with Crippen LogP contribution >= 0.6 is 0 Å². The Kier molecular flexibility index (Phi) is 0.528. The number of hydrogen-bond donors (Lipinski definition) is 3. The molecule has 3 N–H and O–H groups in total. The highest BCUT2D eigenvalue weighted by Crippen LogP contribution is 2.20. The molecule has 0 unspecified atom stereocenters. The average Bonchev–Trinajstić information content (AvgIpc) is 2.15. The molecule has 1 aliphatic heterocycles. The summed E-state index contributed by atoms with van der Waals surface area (Å²) in [6.45, 7) is 0. The number of hydrogen-bond acceptors (Lipinski definition) is 5. The van der Waals surface area contributed by atoms with Crippen LogP contribution in [0.15, 0.2) is 10.8 Å². The smallest absolute Gasteiger partial charge is 0.254 e. The van der Waals surface area contributed by atoms with E-state index >= 15 is 0 Å². The van der Waals surface area contributed by atoms with Crippen LogP contribution in [0.4, 0.5) is 11.7 Å². The maximum Gasteiger partial charge on any atom is 0.254 e. The van der Waals surface area contributed by atoms with Gasteiger partial charge in [-0.3, -0.25) is 10.9 Å². The topological polar surface area (TPSA) is 62.1 Å². The molecule has 1 aliphatic rings. The minimum Gasteiger partial charge on any atom is -0.424 e. The highest BCUT2D eigenvalue weighted by molar-refractivity contribution is 5.59. The molecule has 0 aromatic carbocycles. The van der Waals surface area contributed by atoms with E-state index < -0.39 is 0 Å². The molecule has 1 aromatic rings. The molecule has 2 rings (SSSR count). The molecule has 0 aliphatic carbocycles. The standard InChI is InChI=1S/C3H4N4O/c1-4-2-3(8-1)6-7-5-2/h1,5-7H. The fraction of sp³-hybridized carbons (Fsp3) is 0. The lowest BCUT2D eigenvalue weighted by Crippen LogP contribution is -2.19. The third kappa shape index (κ3) is 0.311. The van der Waals surface area contributed by atoms with Gasteiger partial charge in [-0.15, -0.1) is 5.53 Å². The second-order valence-electron chi connectivity index (χ2n) is 1.41. The summed E-state index contributed by atoms with van der Waals surface area (Å²) < 4.78 is 4.83. The molecule has 0 fully saturated rings. The highest BCUT2D eigenvalue weighted by Gasteiger charge is 2.11. The van der Waals surface area contributed by atoms with Crippen LogP contribution in [0.1, 0.15) is 0 Å². The zero-order valence-electron chi connectivity index (χ0n) is 3.93. The molecule has 5 heteroatoms. The summed E-state index contributed by atoms with van der Waals surface area (Å²) in [5.41, 5.74) is 8.02. The quantitative estimate of drug-likeness (QED) is 0.438. The number of nitrogens with zero attached hydrogens (tertiary/aromatic N) is 1. The Labute approximate surface area is 45.0 Å². The number of aromatic nitrogens is 1. The van der Waals surface area contributed by atoms with Gasteiger partial charge in [0.2, 0.25) is 5.82 Å². The van der Waals surface area contributed by atoms with E-state index in [0.717, 1.165) is 0 Å². The molecule has 1 aromatic heterocycles. The number of fused-ring (bicyclic) bond motifs is 1. The summed E-state index contributed by atoms with van der Waals surface area (Å²) in [4.78, 5) is 3.79. The van der Waals surface area contributed by atoms with Gasteiger partial charge in [-0.25, -0.2) is 0 Å². The van der Waals surface area contributed by atoms with Crippen molar-refractivity contribution in [2.45, 2.75) is 0 Å². The molecule has 0 spiro atoms. The van der Waals surface area contributed by atoms with Crippen LogP contribution in [0.5, 0.6) is 0 Å². The Bertz CT molecular complexity index is 176. The van der Waals surface area contributed by atoms with Crippen molar-refractivity contribution in [3.05, 3.63) is 6.39 Å². The monoisotopic (exact) mass is 112 g/mol. The first-order chi connectivity index (χ1) is 3.97. The third-order valence-corrected chi connectivity index (χ3v) is 0.924. The molecule has 8 heavy (non-hydrogen) atoms. The van der Waals surface area contributed by atoms with Crippen molar-refractivity contribution in [2.75, 3.05) is 10.9 Å². The SMILES string of the molecule is c1nc2c(o1)NNN2. The summed E-state index contributed by atoms with van der Waals surface area (Å²) in [6.07, 6.45) is 1.37. The van der Waals surface area contributed by atoms with E-state index in [1.165, 1.54) is 6.39 Å². The van der Waals surface area contributed by atoms with Gasteiger partial charge in [-0.2, -0.15) is 4.98 Å². The first-order valence-electron chi connectivity index (χ1n) is 2.17. The van der Waals surface area contributed by atoms with Gasteiger partial charge in [0.1, 0.15) is 0 Å². The predicted octanol–water partition coefficient (Wildman–Crippen LogP) is -0.0684. The lowest BCUT2D eigenvalue weighted by atomic mass is 10.7. The first-order valence-corrected chi connectivity index (χ1v) is 2.17. The summed E-state index contributed by atoms with van der Waals surface area (Å²) in [7, 11) is 0. The number of oxazole rings is 1. The normalized spacial score (nSPS) is 14.5. The van der Waals surface area contributed by atoms with Crippen LogP contribution in [-0.2, 0) is 0 Å². The molecule has 0 bridgehead atoms. The van der Waals surface area contributed by atoms with Gasteiger partial charge < -0.3 is 4.42 Å². The zero-order chi connectivity index (χ0) is 5.40. The Balaban J connectivity index is 2.54. The van der Waals surface area contributed by atoms with E-state index in [2.05, 4.69) is 21.4 Å². The molecule has 0 saturated carbocycles. The molecule has 5 nitrogen and oxygen atoms in total. The predicted molar refractivity (Wildman–Crippen MR) is 26.9 cm³/mol. The second-order valence-corrected chi connectivity index (χ2v) is 1.41. The fourth-order valence-corrected chi connectivity index (χ4v) is 0.571. The van der Waals surface area contributed by atoms with Crippen LogP contribution in [0, 0.1) is 0 Å². The van der Waals surface area contributed by atoms with Crippen molar-refractivity contribution in [2.24, 2.45) is 0 Å². The Hall–Kier alpha value is -1.23. The minimum atomic E-state index is 0.630. The van der Waals surface area contributed by atoms with Crippen LogP contribution < -0.4 is 16.4 Å². The zero-order valence-corrected chi connectivity index (χ0v) is 3.93. The van der Waals surface area contributed by atoms with Crippen LogP contribution in [-0.4, -0.2) is 4.98 Å². The molecule has 42 valence electrons. The maximum atomic E-state index is 4.83. The number of nitrogens with one attached hydrogen (secondary N) is 3. The highest BCUT2D eigenvalue weighted by atomic mass is 16.4. The molecule has 0 amide bonds. The van der Waals surface area contributed by atoms with E-state index in [1.807, 2.05) is 0 Å². The van der Waals surface area contributed by atoms with E-state index in [0.29, 0.717) is 11.7 Å². The van der Waals surface area contributed by atoms with E-state index in [4.69, 9.17) is 4.42 Å². The Morgan fingerprint density at radius 3 is 3.38 bits per heavy atom. The lowest BCUT2D eigenvalue weighted by molar-refractivity contribution is 0.567. The number of hydrazine groups is 2. The Morgan fingerprint density at radius 1 is 1.50 bits per heavy atom. The summed E-state index contributed by atoms with van der Waals surface area (Å²) in [5, 5.41) is 0. The van der Waals surface area contributed by atoms with Crippen molar-refractivity contribution >= 4 is 11.7 Å². The summed E-state index contributed by atoms with van der Waals surface area (Å²) in [5.74, 6) is 1.33. The number of anilines is 2. The average molecular weight is 112 g/mol. The molecule has 0 radical (unpaired) electrons. The van der Waals surface area contributed by atoms with Crippen molar-refractivity contribution in [1.82, 2.24) is 10.5 Å². The van der Waals surface area contributed by atoms with Crippen LogP contribution in [0.2, 0.25) is 0 Å². The second kappa shape index (κ2) is 1.13. The minimum absolute atomic E-state index is 0.630. The fourth-order valence-electron chi connectivity index (χ4n) is 0.571. The van der Waals surface area contributed by atoms with Crippen molar-refractivity contribution in [1.29, 1.82) is 0 Å². The van der Waals surface area contributed by atoms with Gasteiger partial charge in [-0.05, 0) is 0 Å². The van der Waals surface area contributed by atoms with Crippen LogP contribution in [0.25, 0.3) is 0 Å². The van der Waals surface area contributed by atoms with Crippen molar-refractivity contribution in [3.8, 4) is 0 Å². The molecule has 0 saturated heterocycles. The van der Waals surface area contributed by atoms with Crippen molar-refractivity contribution in [3.63, 3.8) is 0 Å². The largest absolute Gasteiger partial charge is 0.424 e. The molecular weight excluding hydrogens is 108 g/mol. The van der Waals surface area contributed by atoms with Crippen LogP contribution in [0.3, 0.4) is 0 Å².